The van der Waals surface area contributed by atoms with Crippen molar-refractivity contribution in [2.75, 3.05) is 13.2 Å². The molecule has 0 aliphatic carbocycles. The number of benzene rings is 2. The third-order valence-corrected chi connectivity index (χ3v) is 3.60. The van der Waals surface area contributed by atoms with Crippen LogP contribution in [0, 0.1) is 13.8 Å². The average Bonchev–Trinajstić information content (AvgIpc) is 2.54. The smallest absolute Gasteiger partial charge is 0.341 e. The van der Waals surface area contributed by atoms with Gasteiger partial charge in [0.25, 0.3) is 5.91 Å². The summed E-state index contributed by atoms with van der Waals surface area (Å²) in [6.07, 6.45) is 0.768. The maximum absolute atomic E-state index is 12.3. The van der Waals surface area contributed by atoms with Crippen LogP contribution in [0.25, 0.3) is 0 Å². The molecule has 1 amide bonds. The summed E-state index contributed by atoms with van der Waals surface area (Å²) >= 11 is 0. The monoisotopic (exact) mass is 327 g/mol. The number of ether oxygens (including phenoxy) is 1. The third-order valence-electron chi connectivity index (χ3n) is 3.60. The highest BCUT2D eigenvalue weighted by Crippen LogP contribution is 2.24. The molecule has 5 heteroatoms. The maximum atomic E-state index is 12.3. The van der Waals surface area contributed by atoms with E-state index in [1.807, 2.05) is 30.3 Å². The van der Waals surface area contributed by atoms with E-state index < -0.39 is 12.6 Å². The minimum atomic E-state index is -1.03. The number of hydrogen-bond donors (Lipinski definition) is 2. The normalized spacial score (nSPS) is 10.2. The van der Waals surface area contributed by atoms with E-state index in [1.54, 1.807) is 26.0 Å². The van der Waals surface area contributed by atoms with Gasteiger partial charge in [0.15, 0.2) is 6.61 Å². The van der Waals surface area contributed by atoms with Crippen molar-refractivity contribution >= 4 is 11.9 Å². The topological polar surface area (TPSA) is 75.6 Å². The van der Waals surface area contributed by atoms with Gasteiger partial charge in [0.1, 0.15) is 5.75 Å². The summed E-state index contributed by atoms with van der Waals surface area (Å²) in [7, 11) is 0. The van der Waals surface area contributed by atoms with Gasteiger partial charge in [0.05, 0.1) is 0 Å². The number of carbonyl (C=O) groups excluding carboxylic acids is 1. The Morgan fingerprint density at radius 3 is 2.29 bits per heavy atom. The van der Waals surface area contributed by atoms with E-state index in [-0.39, 0.29) is 5.91 Å². The molecular weight excluding hydrogens is 306 g/mol. The lowest BCUT2D eigenvalue weighted by molar-refractivity contribution is -0.139. The van der Waals surface area contributed by atoms with Crippen LogP contribution >= 0.6 is 0 Å². The van der Waals surface area contributed by atoms with Crippen LogP contribution in [0.3, 0.4) is 0 Å². The number of nitrogens with one attached hydrogen (secondary N) is 1. The largest absolute Gasteiger partial charge is 0.481 e. The van der Waals surface area contributed by atoms with Crippen molar-refractivity contribution in [3.8, 4) is 5.75 Å². The van der Waals surface area contributed by atoms with Gasteiger partial charge in [-0.1, -0.05) is 30.3 Å². The van der Waals surface area contributed by atoms with Gasteiger partial charge in [-0.2, -0.15) is 0 Å². The molecule has 2 aromatic carbocycles. The zero-order chi connectivity index (χ0) is 17.5. The highest BCUT2D eigenvalue weighted by molar-refractivity contribution is 5.94. The number of amides is 1. The summed E-state index contributed by atoms with van der Waals surface area (Å²) in [6.45, 7) is 3.75. The summed E-state index contributed by atoms with van der Waals surface area (Å²) < 4.78 is 5.27. The lowest BCUT2D eigenvalue weighted by Gasteiger charge is -2.13. The standard InChI is InChI=1S/C19H21NO4/c1-13-10-16(11-14(2)18(13)24-12-17(21)22)19(23)20-9-8-15-6-4-3-5-7-15/h3-7,10-11H,8-9,12H2,1-2H3,(H,20,23)(H,21,22). The summed E-state index contributed by atoms with van der Waals surface area (Å²) in [5.74, 6) is -0.670. The first-order valence-electron chi connectivity index (χ1n) is 7.75. The van der Waals surface area contributed by atoms with Crippen LogP contribution in [0.5, 0.6) is 5.75 Å². The number of carboxylic acids is 1. The molecule has 0 bridgehead atoms. The molecule has 5 nitrogen and oxygen atoms in total. The fourth-order valence-electron chi connectivity index (χ4n) is 2.51. The summed E-state index contributed by atoms with van der Waals surface area (Å²) in [5, 5.41) is 11.6. The highest BCUT2D eigenvalue weighted by Gasteiger charge is 2.12. The molecule has 0 fully saturated rings. The minimum absolute atomic E-state index is 0.151. The second kappa shape index (κ2) is 8.15. The van der Waals surface area contributed by atoms with Gasteiger partial charge in [-0.15, -0.1) is 0 Å². The molecule has 0 heterocycles. The van der Waals surface area contributed by atoms with Crippen molar-refractivity contribution < 1.29 is 19.4 Å². The van der Waals surface area contributed by atoms with Gasteiger partial charge in [-0.3, -0.25) is 4.79 Å². The summed E-state index contributed by atoms with van der Waals surface area (Å²) in [4.78, 5) is 22.9. The second-order valence-corrected chi connectivity index (χ2v) is 5.61. The third kappa shape index (κ3) is 4.84. The van der Waals surface area contributed by atoms with Crippen molar-refractivity contribution in [1.29, 1.82) is 0 Å². The Balaban J connectivity index is 1.98. The first kappa shape index (κ1) is 17.5. The van der Waals surface area contributed by atoms with Gasteiger partial charge in [-0.25, -0.2) is 4.79 Å². The molecule has 24 heavy (non-hydrogen) atoms. The maximum Gasteiger partial charge on any atom is 0.341 e. The van der Waals surface area contributed by atoms with Gasteiger partial charge < -0.3 is 15.2 Å². The van der Waals surface area contributed by atoms with Crippen LogP contribution in [-0.4, -0.2) is 30.1 Å². The number of hydrogen-bond acceptors (Lipinski definition) is 3. The zero-order valence-electron chi connectivity index (χ0n) is 13.8. The highest BCUT2D eigenvalue weighted by atomic mass is 16.5. The van der Waals surface area contributed by atoms with Crippen LogP contribution in [0.1, 0.15) is 27.0 Å². The molecule has 2 rings (SSSR count). The Morgan fingerprint density at radius 2 is 1.71 bits per heavy atom. The number of rotatable bonds is 7. The van der Waals surface area contributed by atoms with E-state index in [4.69, 9.17) is 9.84 Å². The van der Waals surface area contributed by atoms with E-state index in [2.05, 4.69) is 5.32 Å². The molecule has 0 saturated carbocycles. The van der Waals surface area contributed by atoms with Gasteiger partial charge >= 0.3 is 5.97 Å². The van der Waals surface area contributed by atoms with Crippen molar-refractivity contribution in [3.05, 3.63) is 64.7 Å². The minimum Gasteiger partial charge on any atom is -0.481 e. The first-order chi connectivity index (χ1) is 11.5. The summed E-state index contributed by atoms with van der Waals surface area (Å²) in [6, 6.07) is 13.4. The summed E-state index contributed by atoms with van der Waals surface area (Å²) in [5.41, 5.74) is 3.19. The molecule has 0 atom stereocenters. The van der Waals surface area contributed by atoms with Crippen LogP contribution in [0.4, 0.5) is 0 Å². The molecule has 0 unspecified atom stereocenters. The SMILES string of the molecule is Cc1cc(C(=O)NCCc2ccccc2)cc(C)c1OCC(=O)O. The van der Waals surface area contributed by atoms with Crippen LogP contribution in [-0.2, 0) is 11.2 Å². The van der Waals surface area contributed by atoms with Crippen molar-refractivity contribution in [3.63, 3.8) is 0 Å². The fraction of sp³-hybridized carbons (Fsp3) is 0.263. The second-order valence-electron chi connectivity index (χ2n) is 5.61. The molecule has 126 valence electrons. The molecule has 0 aromatic heterocycles. The Labute approximate surface area is 141 Å². The number of aryl methyl sites for hydroxylation is 2. The molecule has 0 aliphatic rings. The molecule has 2 N–H and O–H groups in total. The molecular formula is C19H21NO4. The van der Waals surface area contributed by atoms with Gasteiger partial charge in [0.2, 0.25) is 0 Å². The Bertz CT molecular complexity index is 702. The lowest BCUT2D eigenvalue weighted by Crippen LogP contribution is -2.26. The van der Waals surface area contributed by atoms with Gasteiger partial charge in [0, 0.05) is 12.1 Å². The van der Waals surface area contributed by atoms with E-state index in [0.717, 1.165) is 17.5 Å². The van der Waals surface area contributed by atoms with E-state index >= 15 is 0 Å². The predicted molar refractivity (Wildman–Crippen MR) is 91.5 cm³/mol. The lowest BCUT2D eigenvalue weighted by atomic mass is 10.0. The van der Waals surface area contributed by atoms with E-state index in [9.17, 15) is 9.59 Å². The van der Waals surface area contributed by atoms with Crippen molar-refractivity contribution in [2.24, 2.45) is 0 Å². The molecule has 0 radical (unpaired) electrons. The Kier molecular flexibility index (Phi) is 5.95. The Morgan fingerprint density at radius 1 is 1.08 bits per heavy atom. The van der Waals surface area contributed by atoms with Crippen molar-refractivity contribution in [1.82, 2.24) is 5.32 Å². The van der Waals surface area contributed by atoms with Crippen LogP contribution < -0.4 is 10.1 Å². The quantitative estimate of drug-likeness (QED) is 0.820. The average molecular weight is 327 g/mol. The Hall–Kier alpha value is -2.82. The molecule has 0 aliphatic heterocycles. The van der Waals surface area contributed by atoms with Crippen LogP contribution in [0.15, 0.2) is 42.5 Å². The fourth-order valence-corrected chi connectivity index (χ4v) is 2.51. The van der Waals surface area contributed by atoms with Crippen LogP contribution in [0.2, 0.25) is 0 Å². The molecule has 2 aromatic rings. The van der Waals surface area contributed by atoms with Crippen molar-refractivity contribution in [2.45, 2.75) is 20.3 Å². The first-order valence-corrected chi connectivity index (χ1v) is 7.75. The number of aliphatic carboxylic acids is 1. The predicted octanol–water partition coefficient (Wildman–Crippen LogP) is 2.74. The molecule has 0 spiro atoms. The number of carboxylic acid groups (broad SMARTS) is 1. The van der Waals surface area contributed by atoms with E-state index in [1.165, 1.54) is 5.56 Å². The van der Waals surface area contributed by atoms with E-state index in [0.29, 0.717) is 17.9 Å². The number of carbonyl (C=O) groups is 2. The van der Waals surface area contributed by atoms with Gasteiger partial charge in [-0.05, 0) is 49.1 Å². The zero-order valence-corrected chi connectivity index (χ0v) is 13.8. The molecule has 0 saturated heterocycles.